The van der Waals surface area contributed by atoms with E-state index in [2.05, 4.69) is 35.2 Å². The zero-order valence-corrected chi connectivity index (χ0v) is 22.3. The highest BCUT2D eigenvalue weighted by Gasteiger charge is 2.30. The average Bonchev–Trinajstić information content (AvgIpc) is 2.98. The molecule has 200 valence electrons. The number of rotatable bonds is 9. The van der Waals surface area contributed by atoms with Gasteiger partial charge in [-0.05, 0) is 62.1 Å². The predicted molar refractivity (Wildman–Crippen MR) is 146 cm³/mol. The molecule has 0 amide bonds. The number of anilines is 1. The minimum Gasteiger partial charge on any atom is -0.486 e. The first-order chi connectivity index (χ1) is 18.1. The van der Waals surface area contributed by atoms with Crippen LogP contribution in [0.25, 0.3) is 0 Å². The lowest BCUT2D eigenvalue weighted by Gasteiger charge is -2.30. The van der Waals surface area contributed by atoms with Crippen molar-refractivity contribution in [3.63, 3.8) is 0 Å². The van der Waals surface area contributed by atoms with Crippen LogP contribution in [0.1, 0.15) is 60.9 Å². The smallest absolute Gasteiger partial charge is 0.304 e. The Labute approximate surface area is 223 Å². The lowest BCUT2D eigenvalue weighted by Crippen LogP contribution is -2.40. The third-order valence-electron chi connectivity index (χ3n) is 6.91. The van der Waals surface area contributed by atoms with Crippen LogP contribution in [0.15, 0.2) is 59.7 Å². The second-order valence-electron chi connectivity index (χ2n) is 10.5. The second kappa shape index (κ2) is 11.3. The van der Waals surface area contributed by atoms with Gasteiger partial charge in [0.25, 0.3) is 0 Å². The Morgan fingerprint density at radius 3 is 2.71 bits per heavy atom. The van der Waals surface area contributed by atoms with E-state index in [0.29, 0.717) is 30.9 Å². The van der Waals surface area contributed by atoms with E-state index < -0.39 is 23.3 Å². The molecule has 3 aromatic rings. The lowest BCUT2D eigenvalue weighted by atomic mass is 9.86. The van der Waals surface area contributed by atoms with E-state index in [0.717, 1.165) is 29.0 Å². The SMILES string of the molecule is CCNc1ccc([C@H](CC(=O)O)c2ccc(C)c(CN3Cc4ccccc4OC(C)(C)C3)c2)c(F)c1N=N. The molecule has 8 heteroatoms. The monoisotopic (exact) mass is 518 g/mol. The lowest BCUT2D eigenvalue weighted by molar-refractivity contribution is -0.137. The first-order valence-electron chi connectivity index (χ1n) is 12.9. The summed E-state index contributed by atoms with van der Waals surface area (Å²) in [7, 11) is 0. The Hall–Kier alpha value is -3.78. The van der Waals surface area contributed by atoms with Crippen molar-refractivity contribution in [3.8, 4) is 5.75 Å². The van der Waals surface area contributed by atoms with Crippen molar-refractivity contribution in [3.05, 3.63) is 88.2 Å². The number of hydrogen-bond acceptors (Lipinski definition) is 6. The number of ether oxygens (including phenoxy) is 1. The minimum atomic E-state index is -1.03. The van der Waals surface area contributed by atoms with E-state index in [9.17, 15) is 9.90 Å². The Bertz CT molecular complexity index is 1340. The summed E-state index contributed by atoms with van der Waals surface area (Å²) >= 11 is 0. The maximum Gasteiger partial charge on any atom is 0.304 e. The summed E-state index contributed by atoms with van der Waals surface area (Å²) in [5, 5.41) is 16.1. The van der Waals surface area contributed by atoms with Crippen molar-refractivity contribution in [2.75, 3.05) is 18.4 Å². The van der Waals surface area contributed by atoms with Crippen molar-refractivity contribution in [2.24, 2.45) is 5.11 Å². The largest absolute Gasteiger partial charge is 0.486 e. The van der Waals surface area contributed by atoms with E-state index >= 15 is 4.39 Å². The zero-order valence-electron chi connectivity index (χ0n) is 22.3. The van der Waals surface area contributed by atoms with Gasteiger partial charge in [-0.3, -0.25) is 9.69 Å². The van der Waals surface area contributed by atoms with E-state index in [4.69, 9.17) is 10.3 Å². The number of hydrogen-bond donors (Lipinski definition) is 3. The fourth-order valence-electron chi connectivity index (χ4n) is 5.20. The molecule has 0 aromatic heterocycles. The molecule has 0 unspecified atom stereocenters. The van der Waals surface area contributed by atoms with Gasteiger partial charge < -0.3 is 15.2 Å². The second-order valence-corrected chi connectivity index (χ2v) is 10.5. The summed E-state index contributed by atoms with van der Waals surface area (Å²) in [5.74, 6) is -1.54. The van der Waals surface area contributed by atoms with Crippen LogP contribution < -0.4 is 10.1 Å². The number of carbonyl (C=O) groups is 1. The summed E-state index contributed by atoms with van der Waals surface area (Å²) in [6.07, 6.45) is -0.282. The highest BCUT2D eigenvalue weighted by molar-refractivity contribution is 5.71. The number of benzene rings is 3. The number of aryl methyl sites for hydroxylation is 1. The molecule has 4 rings (SSSR count). The number of nitrogens with zero attached hydrogens (tertiary/aromatic N) is 2. The van der Waals surface area contributed by atoms with Gasteiger partial charge in [0, 0.05) is 37.7 Å². The van der Waals surface area contributed by atoms with Crippen LogP contribution in [0.2, 0.25) is 0 Å². The highest BCUT2D eigenvalue weighted by Crippen LogP contribution is 2.38. The van der Waals surface area contributed by atoms with E-state index in [1.165, 1.54) is 0 Å². The van der Waals surface area contributed by atoms with Gasteiger partial charge in [-0.1, -0.05) is 42.5 Å². The molecule has 1 atom stereocenters. The molecular weight excluding hydrogens is 483 g/mol. The van der Waals surface area contributed by atoms with Gasteiger partial charge in [-0.2, -0.15) is 5.11 Å². The van der Waals surface area contributed by atoms with Gasteiger partial charge in [0.15, 0.2) is 5.82 Å². The molecule has 1 aliphatic heterocycles. The third-order valence-corrected chi connectivity index (χ3v) is 6.91. The molecule has 1 heterocycles. The summed E-state index contributed by atoms with van der Waals surface area (Å²) in [5.41, 5.74) is 11.6. The van der Waals surface area contributed by atoms with Gasteiger partial charge >= 0.3 is 5.97 Å². The van der Waals surface area contributed by atoms with Crippen LogP contribution >= 0.6 is 0 Å². The fourth-order valence-corrected chi connectivity index (χ4v) is 5.20. The molecular formula is C30H35FN4O3. The predicted octanol–water partition coefficient (Wildman–Crippen LogP) is 7.01. The summed E-state index contributed by atoms with van der Waals surface area (Å²) < 4.78 is 21.9. The Balaban J connectivity index is 1.71. The molecule has 0 fully saturated rings. The Morgan fingerprint density at radius 2 is 2.00 bits per heavy atom. The molecule has 3 aromatic carbocycles. The first kappa shape index (κ1) is 27.3. The number of carboxylic acid groups (broad SMARTS) is 1. The summed E-state index contributed by atoms with van der Waals surface area (Å²) in [6.45, 7) is 10.7. The molecule has 38 heavy (non-hydrogen) atoms. The van der Waals surface area contributed by atoms with Crippen molar-refractivity contribution in [2.45, 2.75) is 58.7 Å². The normalized spacial score (nSPS) is 15.6. The van der Waals surface area contributed by atoms with Crippen LogP contribution in [-0.2, 0) is 17.9 Å². The van der Waals surface area contributed by atoms with Crippen LogP contribution in [0.4, 0.5) is 15.8 Å². The Morgan fingerprint density at radius 1 is 1.24 bits per heavy atom. The van der Waals surface area contributed by atoms with E-state index in [1.54, 1.807) is 12.1 Å². The van der Waals surface area contributed by atoms with Gasteiger partial charge in [-0.15, -0.1) is 0 Å². The standard InChI is InChI=1S/C30H35FN4O3/c1-5-33-25-13-12-23(28(31)29(25)34-32)24(15-27(36)37)20-11-10-19(2)22(14-20)17-35-16-21-8-6-7-9-26(21)38-30(3,4)18-35/h6-14,24,32-33H,5,15-18H2,1-4H3,(H,36,37)/t24-/m1/s1. The number of fused-ring (bicyclic) bond motifs is 1. The Kier molecular flexibility index (Phi) is 8.11. The number of para-hydroxylation sites is 1. The highest BCUT2D eigenvalue weighted by atomic mass is 19.1. The van der Waals surface area contributed by atoms with Gasteiger partial charge in [0.05, 0.1) is 12.1 Å². The van der Waals surface area contributed by atoms with Crippen molar-refractivity contribution < 1.29 is 19.0 Å². The van der Waals surface area contributed by atoms with Crippen LogP contribution in [0, 0.1) is 18.3 Å². The number of carboxylic acids is 1. The third kappa shape index (κ3) is 6.02. The molecule has 0 spiro atoms. The summed E-state index contributed by atoms with van der Waals surface area (Å²) in [6, 6.07) is 17.1. The molecule has 3 N–H and O–H groups in total. The van der Waals surface area contributed by atoms with Crippen LogP contribution in [0.5, 0.6) is 5.75 Å². The average molecular weight is 519 g/mol. The molecule has 0 saturated heterocycles. The molecule has 0 radical (unpaired) electrons. The molecule has 7 nitrogen and oxygen atoms in total. The first-order valence-corrected chi connectivity index (χ1v) is 12.9. The van der Waals surface area contributed by atoms with Gasteiger partial charge in [0.2, 0.25) is 0 Å². The van der Waals surface area contributed by atoms with Crippen LogP contribution in [-0.4, -0.2) is 34.7 Å². The maximum atomic E-state index is 15.6. The summed E-state index contributed by atoms with van der Waals surface area (Å²) in [4.78, 5) is 14.2. The van der Waals surface area contributed by atoms with Crippen molar-refractivity contribution in [1.82, 2.24) is 4.90 Å². The molecule has 1 aliphatic rings. The molecule has 0 saturated carbocycles. The van der Waals surface area contributed by atoms with Crippen molar-refractivity contribution in [1.29, 1.82) is 5.53 Å². The van der Waals surface area contributed by atoms with Crippen molar-refractivity contribution >= 4 is 17.3 Å². The van der Waals surface area contributed by atoms with E-state index in [-0.39, 0.29) is 17.7 Å². The maximum absolute atomic E-state index is 15.6. The number of nitrogens with one attached hydrogen (secondary N) is 2. The zero-order chi connectivity index (χ0) is 27.4. The number of halogens is 1. The molecule has 0 bridgehead atoms. The van der Waals surface area contributed by atoms with Gasteiger partial charge in [-0.25, -0.2) is 9.92 Å². The number of aliphatic carboxylic acids is 1. The fraction of sp³-hybridized carbons (Fsp3) is 0.367. The quantitative estimate of drug-likeness (QED) is 0.265. The van der Waals surface area contributed by atoms with Crippen LogP contribution in [0.3, 0.4) is 0 Å². The van der Waals surface area contributed by atoms with E-state index in [1.807, 2.05) is 50.2 Å². The molecule has 0 aliphatic carbocycles. The minimum absolute atomic E-state index is 0.113. The topological polar surface area (TPSA) is 98.0 Å². The van der Waals surface area contributed by atoms with Gasteiger partial charge in [0.1, 0.15) is 17.0 Å².